The fourth-order valence-electron chi connectivity index (χ4n) is 2.77. The number of aromatic nitrogens is 1. The summed E-state index contributed by atoms with van der Waals surface area (Å²) in [7, 11) is 0. The van der Waals surface area contributed by atoms with Crippen molar-refractivity contribution in [3.05, 3.63) is 47.4 Å². The number of aryl methyl sites for hydroxylation is 1. The second-order valence-electron chi connectivity index (χ2n) is 7.31. The molecule has 1 aromatic heterocycles. The van der Waals surface area contributed by atoms with E-state index in [0.717, 1.165) is 5.76 Å². The number of amides is 1. The molecule has 134 valence electrons. The molecule has 0 saturated carbocycles. The fraction of sp³-hybridized carbons (Fsp3) is 0.474. The molecule has 0 fully saturated rings. The van der Waals surface area contributed by atoms with E-state index in [1.807, 2.05) is 20.8 Å². The zero-order chi connectivity index (χ0) is 18.0. The lowest BCUT2D eigenvalue weighted by Crippen LogP contribution is -2.32. The van der Waals surface area contributed by atoms with Crippen LogP contribution in [0.5, 0.6) is 5.75 Å². The van der Waals surface area contributed by atoms with Crippen LogP contribution in [0, 0.1) is 5.82 Å². The number of fused-ring (bicyclic) bond motifs is 1. The number of hydrogen-bond donors (Lipinski definition) is 1. The van der Waals surface area contributed by atoms with Crippen molar-refractivity contribution < 1.29 is 18.3 Å². The summed E-state index contributed by atoms with van der Waals surface area (Å²) in [5.74, 6) is 1.53. The number of nitrogens with one attached hydrogen (secondary N) is 1. The largest absolute Gasteiger partial charge is 0.493 e. The fourth-order valence-corrected chi connectivity index (χ4v) is 2.77. The highest BCUT2D eigenvalue weighted by Crippen LogP contribution is 2.32. The number of benzene rings is 1. The summed E-state index contributed by atoms with van der Waals surface area (Å²) in [6.45, 7) is 6.64. The van der Waals surface area contributed by atoms with E-state index in [4.69, 9.17) is 9.15 Å². The van der Waals surface area contributed by atoms with E-state index in [1.165, 1.54) is 12.1 Å². The van der Waals surface area contributed by atoms with E-state index in [2.05, 4.69) is 10.3 Å². The van der Waals surface area contributed by atoms with Gasteiger partial charge in [0.15, 0.2) is 5.89 Å². The second-order valence-corrected chi connectivity index (χ2v) is 7.31. The Balaban J connectivity index is 1.59. The molecule has 1 aliphatic rings. The van der Waals surface area contributed by atoms with Gasteiger partial charge in [-0.1, -0.05) is 20.8 Å². The van der Waals surface area contributed by atoms with Crippen LogP contribution in [0.25, 0.3) is 0 Å². The Hall–Kier alpha value is -2.37. The molecule has 2 aromatic rings. The Bertz CT molecular complexity index is 764. The lowest BCUT2D eigenvalue weighted by atomic mass is 9.94. The summed E-state index contributed by atoms with van der Waals surface area (Å²) in [4.78, 5) is 16.5. The quantitative estimate of drug-likeness (QED) is 0.917. The first-order valence-electron chi connectivity index (χ1n) is 8.50. The molecular formula is C19H23FN2O3. The third kappa shape index (κ3) is 4.18. The number of hydrogen-bond acceptors (Lipinski definition) is 4. The summed E-state index contributed by atoms with van der Waals surface area (Å²) in [6, 6.07) is 4.15. The number of oxazole rings is 1. The molecule has 2 heterocycles. The number of halogens is 1. The number of carbonyl (C=O) groups is 1. The van der Waals surface area contributed by atoms with Crippen LogP contribution in [0.4, 0.5) is 4.39 Å². The van der Waals surface area contributed by atoms with E-state index in [9.17, 15) is 9.18 Å². The third-order valence-electron chi connectivity index (χ3n) is 4.21. The average Bonchev–Trinajstić information content (AvgIpc) is 3.03. The van der Waals surface area contributed by atoms with Crippen molar-refractivity contribution in [1.29, 1.82) is 0 Å². The van der Waals surface area contributed by atoms with Crippen molar-refractivity contribution in [3.63, 3.8) is 0 Å². The van der Waals surface area contributed by atoms with Crippen LogP contribution in [-0.4, -0.2) is 17.5 Å². The van der Waals surface area contributed by atoms with Crippen molar-refractivity contribution in [2.24, 2.45) is 0 Å². The van der Waals surface area contributed by atoms with Gasteiger partial charge >= 0.3 is 0 Å². The molecule has 1 aliphatic heterocycles. The standard InChI is InChI=1S/C19H23FN2O3/c1-19(2,3)16-11-21-18(25-16)7-6-17(23)22-14-8-9-24-15-5-4-12(20)10-13(14)15/h4-5,10-11,14H,6-9H2,1-3H3,(H,22,23)/t14-/m1/s1. The van der Waals surface area contributed by atoms with Gasteiger partial charge in [0.25, 0.3) is 0 Å². The Morgan fingerprint density at radius 3 is 2.92 bits per heavy atom. The molecule has 0 aliphatic carbocycles. The highest BCUT2D eigenvalue weighted by atomic mass is 19.1. The number of nitrogens with zero attached hydrogens (tertiary/aromatic N) is 1. The highest BCUT2D eigenvalue weighted by molar-refractivity contribution is 5.76. The summed E-state index contributed by atoms with van der Waals surface area (Å²) >= 11 is 0. The SMILES string of the molecule is CC(C)(C)c1cnc(CCC(=O)N[C@@H]2CCOc3ccc(F)cc32)o1. The number of carbonyl (C=O) groups excluding carboxylic acids is 1. The molecule has 0 radical (unpaired) electrons. The van der Waals surface area contributed by atoms with Crippen molar-refractivity contribution >= 4 is 5.91 Å². The molecule has 3 rings (SSSR count). The van der Waals surface area contributed by atoms with Gasteiger partial charge in [0.05, 0.1) is 18.8 Å². The van der Waals surface area contributed by atoms with Crippen molar-refractivity contribution in [2.45, 2.75) is 51.5 Å². The predicted octanol–water partition coefficient (Wildman–Crippen LogP) is 3.68. The van der Waals surface area contributed by atoms with Crippen LogP contribution in [0.2, 0.25) is 0 Å². The smallest absolute Gasteiger partial charge is 0.220 e. The molecule has 0 saturated heterocycles. The molecule has 0 bridgehead atoms. The van der Waals surface area contributed by atoms with Gasteiger partial charge < -0.3 is 14.5 Å². The molecule has 1 atom stereocenters. The summed E-state index contributed by atoms with van der Waals surface area (Å²) in [5, 5.41) is 2.95. The second kappa shape index (κ2) is 6.86. The monoisotopic (exact) mass is 346 g/mol. The summed E-state index contributed by atoms with van der Waals surface area (Å²) in [5.41, 5.74) is 0.578. The molecule has 1 aromatic carbocycles. The minimum absolute atomic E-state index is 0.108. The van der Waals surface area contributed by atoms with Gasteiger partial charge in [-0.05, 0) is 18.2 Å². The van der Waals surface area contributed by atoms with Gasteiger partial charge in [-0.2, -0.15) is 0 Å². The normalized spacial score (nSPS) is 16.9. The lowest BCUT2D eigenvalue weighted by molar-refractivity contribution is -0.122. The Morgan fingerprint density at radius 2 is 2.20 bits per heavy atom. The third-order valence-corrected chi connectivity index (χ3v) is 4.21. The molecular weight excluding hydrogens is 323 g/mol. The summed E-state index contributed by atoms with van der Waals surface area (Å²) in [6.07, 6.45) is 3.04. The number of rotatable bonds is 4. The maximum atomic E-state index is 13.5. The van der Waals surface area contributed by atoms with E-state index in [-0.39, 0.29) is 29.6 Å². The predicted molar refractivity (Wildman–Crippen MR) is 90.9 cm³/mol. The molecule has 1 amide bonds. The Morgan fingerprint density at radius 1 is 1.40 bits per heavy atom. The van der Waals surface area contributed by atoms with Crippen LogP contribution < -0.4 is 10.1 Å². The van der Waals surface area contributed by atoms with Crippen molar-refractivity contribution in [1.82, 2.24) is 10.3 Å². The van der Waals surface area contributed by atoms with Gasteiger partial charge in [0.1, 0.15) is 17.3 Å². The van der Waals surface area contributed by atoms with Crippen LogP contribution >= 0.6 is 0 Å². The minimum atomic E-state index is -0.335. The average molecular weight is 346 g/mol. The van der Waals surface area contributed by atoms with Crippen LogP contribution in [0.1, 0.15) is 56.9 Å². The first kappa shape index (κ1) is 17.5. The van der Waals surface area contributed by atoms with Gasteiger partial charge in [-0.25, -0.2) is 9.37 Å². The Labute approximate surface area is 146 Å². The Kier molecular flexibility index (Phi) is 4.79. The highest BCUT2D eigenvalue weighted by Gasteiger charge is 2.24. The summed E-state index contributed by atoms with van der Waals surface area (Å²) < 4.78 is 24.7. The van der Waals surface area contributed by atoms with Gasteiger partial charge in [-0.15, -0.1) is 0 Å². The molecule has 6 heteroatoms. The maximum absolute atomic E-state index is 13.5. The van der Waals surface area contributed by atoms with Crippen molar-refractivity contribution in [3.8, 4) is 5.75 Å². The van der Waals surface area contributed by atoms with Crippen molar-refractivity contribution in [2.75, 3.05) is 6.61 Å². The van der Waals surface area contributed by atoms with E-state index in [1.54, 1.807) is 12.3 Å². The maximum Gasteiger partial charge on any atom is 0.220 e. The van der Waals surface area contributed by atoms with E-state index < -0.39 is 0 Å². The zero-order valence-electron chi connectivity index (χ0n) is 14.8. The molecule has 5 nitrogen and oxygen atoms in total. The van der Waals surface area contributed by atoms with E-state index in [0.29, 0.717) is 36.7 Å². The van der Waals surface area contributed by atoms with E-state index >= 15 is 0 Å². The molecule has 0 spiro atoms. The van der Waals surface area contributed by atoms with Gasteiger partial charge in [-0.3, -0.25) is 4.79 Å². The molecule has 0 unspecified atom stereocenters. The minimum Gasteiger partial charge on any atom is -0.493 e. The number of ether oxygens (including phenoxy) is 1. The lowest BCUT2D eigenvalue weighted by Gasteiger charge is -2.26. The first-order valence-corrected chi connectivity index (χ1v) is 8.50. The van der Waals surface area contributed by atoms with Crippen LogP contribution in [0.3, 0.4) is 0 Å². The van der Waals surface area contributed by atoms with Gasteiger partial charge in [0.2, 0.25) is 5.91 Å². The topological polar surface area (TPSA) is 64.4 Å². The molecule has 25 heavy (non-hydrogen) atoms. The molecule has 1 N–H and O–H groups in total. The zero-order valence-corrected chi connectivity index (χ0v) is 14.8. The van der Waals surface area contributed by atoms with Crippen LogP contribution in [-0.2, 0) is 16.6 Å². The first-order chi connectivity index (χ1) is 11.8. The van der Waals surface area contributed by atoms with Crippen LogP contribution in [0.15, 0.2) is 28.8 Å². The van der Waals surface area contributed by atoms with Gasteiger partial charge in [0, 0.05) is 30.2 Å².